The molecule has 0 bridgehead atoms. The van der Waals surface area contributed by atoms with Crippen LogP contribution < -0.4 is 10.3 Å². The largest absolute Gasteiger partial charge is 0.480 e. The zero-order chi connectivity index (χ0) is 17.8. The number of carbonyl (C=O) groups excluding carboxylic acids is 1. The fraction of sp³-hybridized carbons (Fsp3) is 0.294. The van der Waals surface area contributed by atoms with Crippen LogP contribution in [0.4, 0.5) is 5.69 Å². The van der Waals surface area contributed by atoms with Crippen LogP contribution >= 0.6 is 0 Å². The van der Waals surface area contributed by atoms with Crippen LogP contribution in [0.1, 0.15) is 12.0 Å². The van der Waals surface area contributed by atoms with Gasteiger partial charge in [-0.1, -0.05) is 18.2 Å². The van der Waals surface area contributed by atoms with Gasteiger partial charge in [0.25, 0.3) is 5.91 Å². The van der Waals surface area contributed by atoms with Crippen molar-refractivity contribution in [1.29, 1.82) is 0 Å². The number of nitrogens with zero attached hydrogens (tertiary/aromatic N) is 4. The maximum absolute atomic E-state index is 12.3. The molecular weight excluding hydrogens is 322 g/mol. The third kappa shape index (κ3) is 3.85. The number of nitrogens with one attached hydrogen (secondary N) is 1. The first-order valence-corrected chi connectivity index (χ1v) is 7.96. The van der Waals surface area contributed by atoms with Crippen LogP contribution in [0.2, 0.25) is 0 Å². The average molecular weight is 341 g/mol. The second kappa shape index (κ2) is 7.16. The van der Waals surface area contributed by atoms with Gasteiger partial charge in [0, 0.05) is 19.2 Å². The van der Waals surface area contributed by atoms with Gasteiger partial charge in [0.05, 0.1) is 18.4 Å². The first-order valence-electron chi connectivity index (χ1n) is 7.96. The van der Waals surface area contributed by atoms with Gasteiger partial charge in [-0.05, 0) is 24.6 Å². The van der Waals surface area contributed by atoms with E-state index >= 15 is 0 Å². The van der Waals surface area contributed by atoms with E-state index in [1.807, 2.05) is 19.2 Å². The molecule has 3 rings (SSSR count). The monoisotopic (exact) mass is 341 g/mol. The number of carbonyl (C=O) groups is 2. The molecule has 1 aromatic carbocycles. The Balaban J connectivity index is 1.64. The van der Waals surface area contributed by atoms with E-state index in [1.165, 1.54) is 5.01 Å². The molecular formula is C17H19N5O3. The number of hydrazone groups is 1. The summed E-state index contributed by atoms with van der Waals surface area (Å²) in [5.41, 5.74) is 1.91. The molecule has 8 heteroatoms. The smallest absolute Gasteiger partial charge is 0.328 e. The fourth-order valence-corrected chi connectivity index (χ4v) is 2.63. The Morgan fingerprint density at radius 2 is 2.08 bits per heavy atom. The van der Waals surface area contributed by atoms with Gasteiger partial charge in [0.15, 0.2) is 6.04 Å². The first kappa shape index (κ1) is 16.7. The summed E-state index contributed by atoms with van der Waals surface area (Å²) in [6, 6.07) is 8.09. The number of benzene rings is 1. The molecule has 1 aromatic heterocycles. The lowest BCUT2D eigenvalue weighted by molar-refractivity contribution is -0.138. The predicted octanol–water partition coefficient (Wildman–Crippen LogP) is 1.03. The Hall–Kier alpha value is -3.16. The third-order valence-corrected chi connectivity index (χ3v) is 3.87. The number of aryl methyl sites for hydroxylation is 1. The maximum atomic E-state index is 12.3. The molecule has 130 valence electrons. The van der Waals surface area contributed by atoms with E-state index in [9.17, 15) is 14.7 Å². The maximum Gasteiger partial charge on any atom is 0.328 e. The number of aromatic nitrogens is 2. The number of rotatable bonds is 6. The van der Waals surface area contributed by atoms with Gasteiger partial charge in [-0.25, -0.2) is 4.79 Å². The van der Waals surface area contributed by atoms with E-state index in [4.69, 9.17) is 0 Å². The Kier molecular flexibility index (Phi) is 4.78. The number of anilines is 1. The van der Waals surface area contributed by atoms with Gasteiger partial charge in [-0.2, -0.15) is 10.2 Å². The summed E-state index contributed by atoms with van der Waals surface area (Å²) in [4.78, 5) is 23.8. The van der Waals surface area contributed by atoms with Gasteiger partial charge in [0.1, 0.15) is 5.71 Å². The van der Waals surface area contributed by atoms with Crippen molar-refractivity contribution in [2.75, 3.05) is 11.6 Å². The molecule has 1 aliphatic rings. The van der Waals surface area contributed by atoms with Crippen LogP contribution in [0, 0.1) is 6.92 Å². The van der Waals surface area contributed by atoms with Crippen molar-refractivity contribution in [3.63, 3.8) is 0 Å². The number of hydrogen-bond donors (Lipinski definition) is 2. The van der Waals surface area contributed by atoms with Gasteiger partial charge >= 0.3 is 5.97 Å². The average Bonchev–Trinajstić information content (AvgIpc) is 3.22. The van der Waals surface area contributed by atoms with E-state index in [0.717, 1.165) is 5.56 Å². The minimum Gasteiger partial charge on any atom is -0.480 e. The summed E-state index contributed by atoms with van der Waals surface area (Å²) >= 11 is 0. The molecule has 8 nitrogen and oxygen atoms in total. The van der Waals surface area contributed by atoms with Crippen molar-refractivity contribution >= 4 is 23.3 Å². The number of hydrogen-bond acceptors (Lipinski definition) is 5. The van der Waals surface area contributed by atoms with E-state index in [-0.39, 0.29) is 18.0 Å². The van der Waals surface area contributed by atoms with E-state index in [2.05, 4.69) is 15.5 Å². The molecule has 0 fully saturated rings. The zero-order valence-corrected chi connectivity index (χ0v) is 13.8. The quantitative estimate of drug-likeness (QED) is 0.817. The number of carboxylic acids is 1. The molecule has 2 aromatic rings. The lowest BCUT2D eigenvalue weighted by Gasteiger charge is -2.19. The molecule has 1 amide bonds. The van der Waals surface area contributed by atoms with Crippen LogP contribution in [0.3, 0.4) is 0 Å². The highest BCUT2D eigenvalue weighted by Gasteiger charge is 2.35. The fourth-order valence-electron chi connectivity index (χ4n) is 2.63. The highest BCUT2D eigenvalue weighted by molar-refractivity contribution is 6.40. The normalized spacial score (nSPS) is 16.6. The second-order valence-electron chi connectivity index (χ2n) is 5.82. The number of amides is 1. The summed E-state index contributed by atoms with van der Waals surface area (Å²) in [6.45, 7) is 2.87. The third-order valence-electron chi connectivity index (χ3n) is 3.87. The van der Waals surface area contributed by atoms with Crippen LogP contribution in [-0.2, 0) is 16.1 Å². The first-order chi connectivity index (χ1) is 12.0. The van der Waals surface area contributed by atoms with Gasteiger partial charge in [-0.3, -0.25) is 14.5 Å². The van der Waals surface area contributed by atoms with E-state index in [1.54, 1.807) is 35.1 Å². The minimum atomic E-state index is -1.01. The molecule has 1 unspecified atom stereocenters. The Bertz CT molecular complexity index is 800. The Morgan fingerprint density at radius 3 is 2.72 bits per heavy atom. The van der Waals surface area contributed by atoms with Crippen molar-refractivity contribution in [2.45, 2.75) is 25.9 Å². The highest BCUT2D eigenvalue weighted by atomic mass is 16.4. The summed E-state index contributed by atoms with van der Waals surface area (Å²) in [6.07, 6.45) is 3.70. The molecule has 0 saturated heterocycles. The molecule has 2 N–H and O–H groups in total. The van der Waals surface area contributed by atoms with E-state index < -0.39 is 12.0 Å². The number of para-hydroxylation sites is 1. The van der Waals surface area contributed by atoms with Gasteiger partial charge < -0.3 is 10.4 Å². The topological polar surface area (TPSA) is 99.8 Å². The Labute approximate surface area is 144 Å². The van der Waals surface area contributed by atoms with Gasteiger partial charge in [0.2, 0.25) is 0 Å². The number of carboxylic acid groups (broad SMARTS) is 1. The minimum absolute atomic E-state index is 0.0664. The van der Waals surface area contributed by atoms with Gasteiger partial charge in [-0.15, -0.1) is 0 Å². The Morgan fingerprint density at radius 1 is 1.32 bits per heavy atom. The molecule has 2 heterocycles. The molecule has 0 radical (unpaired) electrons. The molecule has 0 saturated carbocycles. The summed E-state index contributed by atoms with van der Waals surface area (Å²) < 4.78 is 1.74. The second-order valence-corrected chi connectivity index (χ2v) is 5.82. The van der Waals surface area contributed by atoms with Crippen molar-refractivity contribution in [3.05, 3.63) is 48.3 Å². The molecule has 0 aliphatic carbocycles. The van der Waals surface area contributed by atoms with E-state index in [0.29, 0.717) is 18.8 Å². The number of aliphatic carboxylic acids is 1. The standard InChI is InChI=1S/C17H19N5O3/c1-12-10-19-21(11-12)8-7-18-16(23)14-9-15(17(24)25)22(20-14)13-5-3-2-4-6-13/h2-6,10-11,15H,7-9H2,1H3,(H,18,23)(H,24,25). The molecule has 0 spiro atoms. The van der Waals surface area contributed by atoms with Crippen LogP contribution in [0.5, 0.6) is 0 Å². The molecule has 25 heavy (non-hydrogen) atoms. The molecule has 1 aliphatic heterocycles. The summed E-state index contributed by atoms with van der Waals surface area (Å²) in [7, 11) is 0. The van der Waals surface area contributed by atoms with Crippen molar-refractivity contribution in [3.8, 4) is 0 Å². The predicted molar refractivity (Wildman–Crippen MR) is 92.4 cm³/mol. The van der Waals surface area contributed by atoms with Crippen molar-refractivity contribution in [2.24, 2.45) is 5.10 Å². The van der Waals surface area contributed by atoms with Crippen LogP contribution in [-0.4, -0.2) is 45.1 Å². The lowest BCUT2D eigenvalue weighted by Crippen LogP contribution is -2.36. The van der Waals surface area contributed by atoms with Crippen LogP contribution in [0.15, 0.2) is 47.8 Å². The highest BCUT2D eigenvalue weighted by Crippen LogP contribution is 2.24. The van der Waals surface area contributed by atoms with Crippen LogP contribution in [0.25, 0.3) is 0 Å². The van der Waals surface area contributed by atoms with Crippen molar-refractivity contribution < 1.29 is 14.7 Å². The zero-order valence-electron chi connectivity index (χ0n) is 13.8. The molecule has 1 atom stereocenters. The summed E-state index contributed by atoms with van der Waals surface area (Å²) in [5, 5.41) is 21.9. The summed E-state index contributed by atoms with van der Waals surface area (Å²) in [5.74, 6) is -1.36. The lowest BCUT2D eigenvalue weighted by atomic mass is 10.1. The van der Waals surface area contributed by atoms with Crippen molar-refractivity contribution in [1.82, 2.24) is 15.1 Å². The SMILES string of the molecule is Cc1cnn(CCNC(=O)C2=NN(c3ccccc3)C(C(=O)O)C2)c1.